The molecule has 0 saturated carbocycles. The fourth-order valence-corrected chi connectivity index (χ4v) is 4.89. The summed E-state index contributed by atoms with van der Waals surface area (Å²) in [6.45, 7) is 5.26. The number of guanidine groups is 1. The second-order valence-corrected chi connectivity index (χ2v) is 9.30. The maximum absolute atomic E-state index is 13.7. The summed E-state index contributed by atoms with van der Waals surface area (Å²) in [6, 6.07) is 4.56. The molecule has 2 heterocycles. The minimum Gasteiger partial charge on any atom is -0.378 e. The normalized spacial score (nSPS) is 22.6. The molecule has 1 aromatic carbocycles. The van der Waals surface area contributed by atoms with Gasteiger partial charge in [0.15, 0.2) is 5.96 Å². The molecule has 1 atom stereocenters. The van der Waals surface area contributed by atoms with Crippen LogP contribution in [0.1, 0.15) is 30.9 Å². The second-order valence-electron chi connectivity index (χ2n) is 7.62. The van der Waals surface area contributed by atoms with E-state index in [0.717, 1.165) is 18.7 Å². The summed E-state index contributed by atoms with van der Waals surface area (Å²) in [7, 11) is 1.63. The molecule has 0 bridgehead atoms. The van der Waals surface area contributed by atoms with Crippen molar-refractivity contribution in [2.75, 3.05) is 50.5 Å². The van der Waals surface area contributed by atoms with Gasteiger partial charge in [0.25, 0.3) is 0 Å². The van der Waals surface area contributed by atoms with Crippen molar-refractivity contribution in [1.29, 1.82) is 0 Å². The minimum absolute atomic E-state index is 0. The first-order chi connectivity index (χ1) is 13.8. The smallest absolute Gasteiger partial charge is 0.378 e. The van der Waals surface area contributed by atoms with E-state index in [-0.39, 0.29) is 40.8 Å². The van der Waals surface area contributed by atoms with Gasteiger partial charge in [-0.25, -0.2) is 0 Å². The summed E-state index contributed by atoms with van der Waals surface area (Å²) in [4.78, 5) is 6.09. The molecule has 10 heteroatoms. The number of hydrogen-bond acceptors (Lipinski definition) is 4. The molecule has 2 aliphatic rings. The first-order valence-corrected chi connectivity index (χ1v) is 10.9. The van der Waals surface area contributed by atoms with Gasteiger partial charge in [-0.3, -0.25) is 4.99 Å². The van der Waals surface area contributed by atoms with E-state index < -0.39 is 11.7 Å². The van der Waals surface area contributed by atoms with E-state index in [1.165, 1.54) is 12.5 Å². The lowest BCUT2D eigenvalue weighted by Gasteiger charge is -2.30. The number of anilines is 1. The number of nitrogens with zero attached hydrogens (tertiary/aromatic N) is 2. The average molecular weight is 558 g/mol. The van der Waals surface area contributed by atoms with E-state index in [0.29, 0.717) is 38.0 Å². The Hall–Kier alpha value is -0.880. The Kier molecular flexibility index (Phi) is 9.41. The fraction of sp³-hybridized carbons (Fsp3) is 0.650. The van der Waals surface area contributed by atoms with Crippen LogP contribution in [0.15, 0.2) is 23.2 Å². The van der Waals surface area contributed by atoms with Crippen molar-refractivity contribution in [3.8, 4) is 0 Å². The number of thioether (sulfide) groups is 1. The molecule has 1 unspecified atom stereocenters. The van der Waals surface area contributed by atoms with Crippen LogP contribution in [0.5, 0.6) is 0 Å². The highest BCUT2D eigenvalue weighted by Gasteiger charge is 2.34. The Bertz CT molecular complexity index is 720. The molecule has 3 rings (SSSR count). The third-order valence-electron chi connectivity index (χ3n) is 5.38. The fourth-order valence-electron chi connectivity index (χ4n) is 3.65. The predicted molar refractivity (Wildman–Crippen MR) is 128 cm³/mol. The van der Waals surface area contributed by atoms with Gasteiger partial charge < -0.3 is 20.3 Å². The lowest BCUT2D eigenvalue weighted by atomic mass is 10.0. The molecule has 5 nitrogen and oxygen atoms in total. The lowest BCUT2D eigenvalue weighted by molar-refractivity contribution is -0.138. The number of hydrogen-bond donors (Lipinski definition) is 2. The van der Waals surface area contributed by atoms with E-state index in [1.807, 2.05) is 16.7 Å². The maximum Gasteiger partial charge on any atom is 0.416 e. The number of ether oxygens (including phenoxy) is 1. The number of halogens is 4. The van der Waals surface area contributed by atoms with Crippen LogP contribution in [0.2, 0.25) is 0 Å². The summed E-state index contributed by atoms with van der Waals surface area (Å²) < 4.78 is 46.5. The van der Waals surface area contributed by atoms with Crippen LogP contribution in [0.3, 0.4) is 0 Å². The van der Waals surface area contributed by atoms with E-state index in [9.17, 15) is 13.2 Å². The monoisotopic (exact) mass is 558 g/mol. The van der Waals surface area contributed by atoms with Crippen LogP contribution in [-0.2, 0) is 17.5 Å². The van der Waals surface area contributed by atoms with E-state index in [2.05, 4.69) is 22.5 Å². The van der Waals surface area contributed by atoms with Crippen LogP contribution < -0.4 is 15.5 Å². The summed E-state index contributed by atoms with van der Waals surface area (Å²) in [5.41, 5.74) is 0.180. The highest BCUT2D eigenvalue weighted by molar-refractivity contribution is 14.0. The summed E-state index contributed by atoms with van der Waals surface area (Å²) in [6.07, 6.45) is -2.09. The van der Waals surface area contributed by atoms with Crippen molar-refractivity contribution < 1.29 is 17.9 Å². The van der Waals surface area contributed by atoms with Crippen LogP contribution in [-0.4, -0.2) is 56.4 Å². The van der Waals surface area contributed by atoms with Crippen LogP contribution in [0.4, 0.5) is 18.9 Å². The zero-order valence-corrected chi connectivity index (χ0v) is 20.5. The Morgan fingerprint density at radius 3 is 2.60 bits per heavy atom. The van der Waals surface area contributed by atoms with Crippen molar-refractivity contribution in [1.82, 2.24) is 10.6 Å². The van der Waals surface area contributed by atoms with Crippen molar-refractivity contribution in [3.63, 3.8) is 0 Å². The highest BCUT2D eigenvalue weighted by atomic mass is 127. The molecule has 2 aliphatic heterocycles. The quantitative estimate of drug-likeness (QED) is 0.324. The molecule has 2 fully saturated rings. The molecular weight excluding hydrogens is 528 g/mol. The average Bonchev–Trinajstić information content (AvgIpc) is 3.15. The summed E-state index contributed by atoms with van der Waals surface area (Å²) >= 11 is 1.92. The van der Waals surface area contributed by atoms with Gasteiger partial charge in [-0.15, -0.1) is 24.0 Å². The number of nitrogens with one attached hydrogen (secondary N) is 2. The van der Waals surface area contributed by atoms with Gasteiger partial charge in [0.2, 0.25) is 0 Å². The Morgan fingerprint density at radius 1 is 1.27 bits per heavy atom. The highest BCUT2D eigenvalue weighted by Crippen LogP contribution is 2.37. The number of morpholine rings is 1. The Morgan fingerprint density at radius 2 is 2.00 bits per heavy atom. The largest absolute Gasteiger partial charge is 0.416 e. The molecule has 2 saturated heterocycles. The van der Waals surface area contributed by atoms with Gasteiger partial charge in [0.1, 0.15) is 0 Å². The maximum atomic E-state index is 13.7. The van der Waals surface area contributed by atoms with Gasteiger partial charge >= 0.3 is 6.18 Å². The number of rotatable bonds is 5. The van der Waals surface area contributed by atoms with Gasteiger partial charge in [-0.05, 0) is 43.2 Å². The van der Waals surface area contributed by atoms with Crippen molar-refractivity contribution in [3.05, 3.63) is 29.3 Å². The SMILES string of the molecule is CN=C(NCc1ccc(N2CCOCC2)cc1C(F)(F)F)NCC1(C)CCCS1.I. The van der Waals surface area contributed by atoms with E-state index in [4.69, 9.17) is 4.74 Å². The van der Waals surface area contributed by atoms with Crippen LogP contribution in [0, 0.1) is 0 Å². The first kappa shape index (κ1) is 25.4. The molecule has 0 aliphatic carbocycles. The third kappa shape index (κ3) is 6.81. The molecule has 0 aromatic heterocycles. The molecular formula is C20H30F3IN4OS. The number of benzene rings is 1. The molecule has 30 heavy (non-hydrogen) atoms. The minimum atomic E-state index is -4.41. The van der Waals surface area contributed by atoms with E-state index >= 15 is 0 Å². The van der Waals surface area contributed by atoms with Gasteiger partial charge in [0.05, 0.1) is 18.8 Å². The molecule has 1 aromatic rings. The first-order valence-electron chi connectivity index (χ1n) is 9.92. The standard InChI is InChI=1S/C20H29F3N4OS.HI/c1-19(6-3-11-29-19)14-26-18(24-2)25-13-15-4-5-16(12-17(15)20(21,22)23)27-7-9-28-10-8-27;/h4-5,12H,3,6-11,13-14H2,1-2H3,(H2,24,25,26);1H. The van der Waals surface area contributed by atoms with Crippen molar-refractivity contribution >= 4 is 47.4 Å². The van der Waals surface area contributed by atoms with Gasteiger partial charge in [-0.1, -0.05) is 6.07 Å². The van der Waals surface area contributed by atoms with Crippen molar-refractivity contribution in [2.24, 2.45) is 4.99 Å². The Balaban J connectivity index is 0.00000320. The summed E-state index contributed by atoms with van der Waals surface area (Å²) in [5, 5.41) is 6.29. The topological polar surface area (TPSA) is 48.9 Å². The van der Waals surface area contributed by atoms with Crippen molar-refractivity contribution in [2.45, 2.75) is 37.2 Å². The van der Waals surface area contributed by atoms with Crippen LogP contribution in [0.25, 0.3) is 0 Å². The second kappa shape index (κ2) is 11.1. The van der Waals surface area contributed by atoms with Gasteiger partial charge in [0, 0.05) is 43.7 Å². The van der Waals surface area contributed by atoms with E-state index in [1.54, 1.807) is 19.2 Å². The zero-order chi connectivity index (χ0) is 20.9. The third-order valence-corrected chi connectivity index (χ3v) is 6.91. The molecule has 2 N–H and O–H groups in total. The van der Waals surface area contributed by atoms with Gasteiger partial charge in [-0.2, -0.15) is 24.9 Å². The molecule has 0 amide bonds. The predicted octanol–water partition coefficient (Wildman–Crippen LogP) is 4.11. The zero-order valence-electron chi connectivity index (χ0n) is 17.3. The lowest BCUT2D eigenvalue weighted by Crippen LogP contribution is -2.43. The summed E-state index contributed by atoms with van der Waals surface area (Å²) in [5.74, 6) is 1.67. The number of alkyl halides is 3. The molecule has 0 radical (unpaired) electrons. The molecule has 170 valence electrons. The Labute approximate surface area is 197 Å². The number of aliphatic imine (C=N–C) groups is 1. The molecule has 0 spiro atoms. The van der Waals surface area contributed by atoms with Crippen LogP contribution >= 0.6 is 35.7 Å².